The Hall–Kier alpha value is -6.94. The standard InChI is InChI=1S/C49H54N8O8/c1-26(2)41(54-48(60)63-5)47(59)57-27(3)12-17-38(57)45-51-36-16-14-30-20-35-33-15-13-31(19-32(33)25-65-40(35)21-34(30)43(36)53-45)37-22-50-44(52-37)39-18-28(24-62-4)23-56(39)46(58)42(55-49(61)64-6)29-10-8-7-9-11-29/h7-11,13-16,19-22,26-28,38-39,41-42H,12,17-18,23-25H2,1-6H3,(H,50,52)(H,51,53)(H,54,60)(H,55,61)/t27-,28-,38-,39?,41-,42+/m0/s1. The van der Waals surface area contributed by atoms with E-state index >= 15 is 0 Å². The number of aromatic nitrogens is 4. The van der Waals surface area contributed by atoms with Crippen LogP contribution in [-0.4, -0.2) is 100 Å². The Morgan fingerprint density at radius 3 is 2.40 bits per heavy atom. The first-order valence-electron chi connectivity index (χ1n) is 22.1. The molecule has 16 heteroatoms. The van der Waals surface area contributed by atoms with Crippen molar-refractivity contribution in [2.75, 3.05) is 34.5 Å². The summed E-state index contributed by atoms with van der Waals surface area (Å²) in [4.78, 5) is 73.5. The second-order valence-corrected chi connectivity index (χ2v) is 17.6. The number of carbonyl (C=O) groups is 4. The predicted octanol–water partition coefficient (Wildman–Crippen LogP) is 7.73. The largest absolute Gasteiger partial charge is 0.488 e. The predicted molar refractivity (Wildman–Crippen MR) is 243 cm³/mol. The van der Waals surface area contributed by atoms with Crippen LogP contribution in [0, 0.1) is 11.8 Å². The average molecular weight is 883 g/mol. The topological polar surface area (TPSA) is 193 Å². The van der Waals surface area contributed by atoms with Crippen molar-refractivity contribution in [3.63, 3.8) is 0 Å². The summed E-state index contributed by atoms with van der Waals surface area (Å²) in [6, 6.07) is 21.3. The molecule has 4 N–H and O–H groups in total. The molecule has 4 amide bonds. The van der Waals surface area contributed by atoms with Crippen LogP contribution in [0.25, 0.3) is 44.2 Å². The lowest BCUT2D eigenvalue weighted by Crippen LogP contribution is -2.52. The molecule has 0 saturated carbocycles. The fourth-order valence-corrected chi connectivity index (χ4v) is 9.83. The number of nitrogens with one attached hydrogen (secondary N) is 4. The van der Waals surface area contributed by atoms with Crippen LogP contribution >= 0.6 is 0 Å². The van der Waals surface area contributed by atoms with Crippen molar-refractivity contribution in [1.82, 2.24) is 40.4 Å². The number of alkyl carbamates (subject to hydrolysis) is 2. The highest BCUT2D eigenvalue weighted by molar-refractivity contribution is 6.07. The lowest BCUT2D eigenvalue weighted by Gasteiger charge is -2.32. The van der Waals surface area contributed by atoms with Gasteiger partial charge in [0.25, 0.3) is 5.91 Å². The number of imidazole rings is 2. The second-order valence-electron chi connectivity index (χ2n) is 17.6. The van der Waals surface area contributed by atoms with Crippen LogP contribution in [0.5, 0.6) is 5.75 Å². The first-order chi connectivity index (χ1) is 31.5. The molecular formula is C49H54N8O8. The Kier molecular flexibility index (Phi) is 11.9. The quantitative estimate of drug-likeness (QED) is 0.100. The van der Waals surface area contributed by atoms with Crippen LogP contribution in [-0.2, 0) is 30.4 Å². The van der Waals surface area contributed by atoms with Gasteiger partial charge in [-0.25, -0.2) is 19.6 Å². The number of carbonyl (C=O) groups excluding carboxylic acids is 4. The van der Waals surface area contributed by atoms with Crippen molar-refractivity contribution in [2.45, 2.75) is 76.8 Å². The zero-order chi connectivity index (χ0) is 45.5. The highest BCUT2D eigenvalue weighted by Gasteiger charge is 2.43. The zero-order valence-corrected chi connectivity index (χ0v) is 37.3. The Morgan fingerprint density at radius 2 is 1.65 bits per heavy atom. The third-order valence-corrected chi connectivity index (χ3v) is 13.1. The number of ether oxygens (including phenoxy) is 4. The lowest BCUT2D eigenvalue weighted by atomic mass is 9.92. The molecule has 0 radical (unpaired) electrons. The van der Waals surface area contributed by atoms with E-state index in [1.54, 1.807) is 18.2 Å². The summed E-state index contributed by atoms with van der Waals surface area (Å²) < 4.78 is 21.7. The zero-order valence-electron chi connectivity index (χ0n) is 37.3. The maximum Gasteiger partial charge on any atom is 0.407 e. The van der Waals surface area contributed by atoms with Gasteiger partial charge in [-0.05, 0) is 84.0 Å². The van der Waals surface area contributed by atoms with Gasteiger partial charge in [-0.2, -0.15) is 0 Å². The number of fused-ring (bicyclic) bond motifs is 6. The van der Waals surface area contributed by atoms with Gasteiger partial charge in [-0.3, -0.25) is 9.59 Å². The number of H-pyrrole nitrogens is 2. The molecule has 0 aliphatic carbocycles. The summed E-state index contributed by atoms with van der Waals surface area (Å²) in [7, 11) is 4.22. The molecule has 16 nitrogen and oxygen atoms in total. The van der Waals surface area contributed by atoms with Gasteiger partial charge in [0.05, 0.1) is 55.8 Å². The monoisotopic (exact) mass is 882 g/mol. The highest BCUT2D eigenvalue weighted by Crippen LogP contribution is 2.44. The number of benzene rings is 4. The van der Waals surface area contributed by atoms with Gasteiger partial charge in [0.1, 0.15) is 36.1 Å². The van der Waals surface area contributed by atoms with Crippen LogP contribution in [0.3, 0.4) is 0 Å². The molecule has 4 aromatic carbocycles. The maximum atomic E-state index is 14.3. The number of amides is 4. The Labute approximate surface area is 376 Å². The molecular weight excluding hydrogens is 829 g/mol. The van der Waals surface area contributed by atoms with Crippen molar-refractivity contribution in [2.24, 2.45) is 11.8 Å². The molecule has 3 aliphatic rings. The molecule has 2 aromatic heterocycles. The number of nitrogens with zero attached hydrogens (tertiary/aromatic N) is 4. The number of likely N-dealkylation sites (tertiary alicyclic amines) is 2. The van der Waals surface area contributed by atoms with Gasteiger partial charge in [-0.15, -0.1) is 0 Å². The third-order valence-electron chi connectivity index (χ3n) is 13.1. The molecule has 2 fully saturated rings. The molecule has 0 spiro atoms. The molecule has 1 unspecified atom stereocenters. The minimum Gasteiger partial charge on any atom is -0.488 e. The summed E-state index contributed by atoms with van der Waals surface area (Å²) in [5.41, 5.74) is 7.09. The van der Waals surface area contributed by atoms with Crippen LogP contribution in [0.15, 0.2) is 79.0 Å². The average Bonchev–Trinajstić information content (AvgIpc) is 4.15. The first kappa shape index (κ1) is 43.3. The van der Waals surface area contributed by atoms with Gasteiger partial charge < -0.3 is 49.3 Å². The minimum atomic E-state index is -0.948. The fourth-order valence-electron chi connectivity index (χ4n) is 9.83. The van der Waals surface area contributed by atoms with Crippen LogP contribution in [0.4, 0.5) is 9.59 Å². The van der Waals surface area contributed by atoms with E-state index in [2.05, 4.69) is 57.0 Å². The molecule has 5 heterocycles. The van der Waals surface area contributed by atoms with Gasteiger partial charge >= 0.3 is 12.2 Å². The van der Waals surface area contributed by atoms with E-state index in [9.17, 15) is 19.2 Å². The molecule has 9 rings (SSSR count). The number of rotatable bonds is 11. The number of hydrogen-bond acceptors (Lipinski definition) is 10. The van der Waals surface area contributed by atoms with Crippen molar-refractivity contribution in [3.8, 4) is 28.1 Å². The van der Waals surface area contributed by atoms with Gasteiger partial charge in [0.2, 0.25) is 5.91 Å². The number of aromatic amines is 2. The first-order valence-corrected chi connectivity index (χ1v) is 22.1. The van der Waals surface area contributed by atoms with Crippen molar-refractivity contribution >= 4 is 45.8 Å². The van der Waals surface area contributed by atoms with Gasteiger partial charge in [0.15, 0.2) is 0 Å². The summed E-state index contributed by atoms with van der Waals surface area (Å²) in [6.07, 6.45) is 2.64. The molecule has 2 saturated heterocycles. The van der Waals surface area contributed by atoms with E-state index in [1.165, 1.54) is 14.2 Å². The highest BCUT2D eigenvalue weighted by atomic mass is 16.5. The fraction of sp³-hybridized carbons (Fsp3) is 0.388. The lowest BCUT2D eigenvalue weighted by molar-refractivity contribution is -0.137. The molecule has 6 aromatic rings. The smallest absolute Gasteiger partial charge is 0.407 e. The molecule has 65 heavy (non-hydrogen) atoms. The summed E-state index contributed by atoms with van der Waals surface area (Å²) in [5.74, 6) is 1.61. The van der Waals surface area contributed by atoms with Crippen LogP contribution < -0.4 is 15.4 Å². The maximum absolute atomic E-state index is 14.3. The summed E-state index contributed by atoms with van der Waals surface area (Å²) in [6.45, 7) is 7.11. The molecule has 0 bridgehead atoms. The third kappa shape index (κ3) is 8.22. The Bertz CT molecular complexity index is 2770. The van der Waals surface area contributed by atoms with Crippen molar-refractivity contribution < 1.29 is 38.1 Å². The number of hydrogen-bond donors (Lipinski definition) is 4. The van der Waals surface area contributed by atoms with E-state index in [0.29, 0.717) is 43.4 Å². The second kappa shape index (κ2) is 17.9. The van der Waals surface area contributed by atoms with E-state index in [1.807, 2.05) is 62.1 Å². The van der Waals surface area contributed by atoms with E-state index < -0.39 is 24.3 Å². The Morgan fingerprint density at radius 1 is 0.862 bits per heavy atom. The summed E-state index contributed by atoms with van der Waals surface area (Å²) >= 11 is 0. The Balaban J connectivity index is 0.974. The van der Waals surface area contributed by atoms with Gasteiger partial charge in [-0.1, -0.05) is 62.4 Å². The molecule has 6 atom stereocenters. The normalized spacial score (nSPS) is 20.0. The number of methoxy groups -OCH3 is 3. The molecule has 3 aliphatic heterocycles. The van der Waals surface area contributed by atoms with Crippen LogP contribution in [0.1, 0.15) is 80.9 Å². The SMILES string of the molecule is COC[C@H]1CC(c2ncc(-c3ccc4c(c3)COc3cc5c(ccc6[nH]c([C@@H]7CC[C@H](C)N7C(=O)[C@@H](NC(=O)OC)C(C)C)nc65)cc3-4)[nH]2)N(C(=O)[C@H](NC(=O)OC)c2ccccc2)C1. The van der Waals surface area contributed by atoms with E-state index in [-0.39, 0.29) is 41.8 Å². The van der Waals surface area contributed by atoms with Gasteiger partial charge in [0, 0.05) is 36.6 Å². The van der Waals surface area contributed by atoms with E-state index in [4.69, 9.17) is 28.9 Å². The van der Waals surface area contributed by atoms with Crippen molar-refractivity contribution in [3.05, 3.63) is 102 Å². The van der Waals surface area contributed by atoms with Crippen molar-refractivity contribution in [1.29, 1.82) is 0 Å². The summed E-state index contributed by atoms with van der Waals surface area (Å²) in [5, 5.41) is 7.42. The molecule has 338 valence electrons. The minimum absolute atomic E-state index is 0.0342. The van der Waals surface area contributed by atoms with Crippen LogP contribution in [0.2, 0.25) is 0 Å². The van der Waals surface area contributed by atoms with E-state index in [0.717, 1.165) is 68.3 Å².